The van der Waals surface area contributed by atoms with Crippen molar-refractivity contribution in [1.82, 2.24) is 10.2 Å². The van der Waals surface area contributed by atoms with Crippen LogP contribution >= 0.6 is 11.3 Å². The third kappa shape index (κ3) is 10.3. The Bertz CT molecular complexity index is 1780. The van der Waals surface area contributed by atoms with E-state index in [2.05, 4.69) is 44.5 Å². The minimum absolute atomic E-state index is 0.104. The van der Waals surface area contributed by atoms with Crippen molar-refractivity contribution in [3.05, 3.63) is 78.1 Å². The zero-order chi connectivity index (χ0) is 32.7. The van der Waals surface area contributed by atoms with E-state index >= 15 is 0 Å². The van der Waals surface area contributed by atoms with Gasteiger partial charge in [-0.15, -0.1) is 20.4 Å². The van der Waals surface area contributed by atoms with E-state index in [0.29, 0.717) is 17.0 Å². The molecule has 0 aliphatic heterocycles. The fourth-order valence-corrected chi connectivity index (χ4v) is 6.49. The maximum atomic E-state index is 12.9. The largest absolute Gasteiger partial charge is 0.321 e. The zero-order valence-corrected chi connectivity index (χ0v) is 26.4. The van der Waals surface area contributed by atoms with E-state index in [1.54, 1.807) is 0 Å². The summed E-state index contributed by atoms with van der Waals surface area (Å²) in [4.78, 5) is 12.8. The number of primary sulfonamides is 1. The molecule has 0 saturated heterocycles. The van der Waals surface area contributed by atoms with Crippen molar-refractivity contribution in [3.63, 3.8) is 0 Å². The molecule has 4 aromatic rings. The lowest BCUT2D eigenvalue weighted by Gasteiger charge is -2.17. The number of nitrogens with zero attached hydrogens (tertiary/aromatic N) is 3. The minimum Gasteiger partial charge on any atom is -0.321 e. The molecule has 0 unspecified atom stereocenters. The molecule has 2 aromatic heterocycles. The zero-order valence-electron chi connectivity index (χ0n) is 23.2. The number of halogens is 1. The Morgan fingerprint density at radius 1 is 0.886 bits per heavy atom. The van der Waals surface area contributed by atoms with Gasteiger partial charge in [0.05, 0.1) is 4.90 Å². The van der Waals surface area contributed by atoms with Crippen LogP contribution in [0.15, 0.2) is 76.0 Å². The van der Waals surface area contributed by atoms with Crippen LogP contribution in [-0.2, 0) is 44.2 Å². The summed E-state index contributed by atoms with van der Waals surface area (Å²) in [6.45, 7) is 4.19. The summed E-state index contributed by atoms with van der Waals surface area (Å²) in [6, 6.07) is 19.8. The number of nitrogens with two attached hydrogens (primary N) is 1. The van der Waals surface area contributed by atoms with Crippen LogP contribution in [0.4, 0.5) is 10.8 Å². The molecular formula is C25H27ClN6O9S3. The number of nitrogens with one attached hydrogen (secondary N) is 2. The number of sulfonamides is 2. The van der Waals surface area contributed by atoms with Crippen LogP contribution in [0.1, 0.15) is 25.2 Å². The van der Waals surface area contributed by atoms with Crippen molar-refractivity contribution >= 4 is 48.1 Å². The van der Waals surface area contributed by atoms with E-state index in [-0.39, 0.29) is 22.5 Å². The van der Waals surface area contributed by atoms with Gasteiger partial charge in [0, 0.05) is 30.7 Å². The lowest BCUT2D eigenvalue weighted by Crippen LogP contribution is -2.68. The number of aromatic nitrogens is 3. The Balaban J connectivity index is 0.000000978. The van der Waals surface area contributed by atoms with Gasteiger partial charge in [0.2, 0.25) is 16.0 Å². The van der Waals surface area contributed by atoms with Crippen LogP contribution in [0.3, 0.4) is 0 Å². The molecule has 0 bridgehead atoms. The summed E-state index contributed by atoms with van der Waals surface area (Å²) in [5, 5.41) is 14.4. The number of hydrogen-bond acceptors (Lipinski definition) is 12. The van der Waals surface area contributed by atoms with Gasteiger partial charge < -0.3 is 5.32 Å². The van der Waals surface area contributed by atoms with Crippen molar-refractivity contribution in [1.29, 1.82) is 0 Å². The fraction of sp³-hybridized carbons (Fsp3) is 0.200. The average molecular weight is 687 g/mol. The number of carbonyl (C=O) groups excluding carboxylic acids is 1. The molecule has 44 heavy (non-hydrogen) atoms. The Labute approximate surface area is 259 Å². The maximum absolute atomic E-state index is 12.9. The van der Waals surface area contributed by atoms with Gasteiger partial charge in [0.25, 0.3) is 26.0 Å². The number of amides is 1. The second kappa shape index (κ2) is 14.5. The first-order chi connectivity index (χ1) is 20.5. The number of benzene rings is 2. The highest BCUT2D eigenvalue weighted by atomic mass is 35.7. The molecule has 0 aliphatic carbocycles. The number of pyridine rings is 1. The molecular weight excluding hydrogens is 660 g/mol. The van der Waals surface area contributed by atoms with Gasteiger partial charge in [-0.3, -0.25) is 9.52 Å². The standard InChI is InChI=1S/C25H26N6O5S3.ClHO4/c1-3-20-14-18(17-8-6-5-7-9-17)15-21(4-2)31(20)16-23(32)27-19-10-12-22(13-11-19)39(35,36)30-24-28-29-25(37-24)38(26,33)34;2-1(3,4)5/h5-15H,3-4,16H2,1-2H3,(H3-,26,27,28,30,32,33,34);(H,2,3,4,5). The number of aryl methyl sites for hydroxylation is 2. The van der Waals surface area contributed by atoms with E-state index in [4.69, 9.17) is 23.8 Å². The van der Waals surface area contributed by atoms with Crippen molar-refractivity contribution in [2.75, 3.05) is 10.0 Å². The van der Waals surface area contributed by atoms with E-state index < -0.39 is 34.6 Å². The highest BCUT2D eigenvalue weighted by molar-refractivity contribution is 7.93. The van der Waals surface area contributed by atoms with Crippen LogP contribution in [0.5, 0.6) is 0 Å². The third-order valence-corrected chi connectivity index (χ3v) is 9.42. The molecule has 0 saturated carbocycles. The third-order valence-electron chi connectivity index (χ3n) is 5.79. The first-order valence-corrected chi connectivity index (χ1v) is 17.6. The van der Waals surface area contributed by atoms with Crippen LogP contribution < -0.4 is 38.4 Å². The second-order valence-electron chi connectivity index (χ2n) is 8.86. The van der Waals surface area contributed by atoms with Gasteiger partial charge in [-0.05, 0) is 35.4 Å². The first kappa shape index (κ1) is 34.9. The molecule has 15 nitrogen and oxygen atoms in total. The molecule has 4 N–H and O–H groups in total. The highest BCUT2D eigenvalue weighted by Crippen LogP contribution is 2.23. The molecule has 4 rings (SSSR count). The number of carbonyl (C=O) groups is 1. The van der Waals surface area contributed by atoms with Gasteiger partial charge in [0.15, 0.2) is 11.4 Å². The summed E-state index contributed by atoms with van der Waals surface area (Å²) in [5.74, 6) is -0.255. The van der Waals surface area contributed by atoms with E-state index in [1.807, 2.05) is 36.6 Å². The molecule has 0 aliphatic rings. The average Bonchev–Trinajstić information content (AvgIpc) is 3.41. The quantitative estimate of drug-likeness (QED) is 0.153. The molecule has 0 spiro atoms. The van der Waals surface area contributed by atoms with Crippen LogP contribution in [0.2, 0.25) is 0 Å². The highest BCUT2D eigenvalue weighted by Gasteiger charge is 2.22. The van der Waals surface area contributed by atoms with Gasteiger partial charge in [-0.1, -0.05) is 55.5 Å². The minimum atomic E-state index is -4.94. The first-order valence-electron chi connectivity index (χ1n) is 12.5. The Hall–Kier alpha value is -3.59. The summed E-state index contributed by atoms with van der Waals surface area (Å²) in [7, 11) is -13.1. The molecule has 0 fully saturated rings. The molecule has 0 atom stereocenters. The van der Waals surface area contributed by atoms with E-state index in [1.165, 1.54) is 24.3 Å². The van der Waals surface area contributed by atoms with Gasteiger partial charge in [0.1, 0.15) is 0 Å². The summed E-state index contributed by atoms with van der Waals surface area (Å²) < 4.78 is 85.6. The van der Waals surface area contributed by atoms with E-state index in [9.17, 15) is 21.6 Å². The molecule has 2 heterocycles. The number of rotatable bonds is 10. The van der Waals surface area contributed by atoms with Crippen LogP contribution in [-0.4, -0.2) is 32.9 Å². The van der Waals surface area contributed by atoms with Crippen molar-refractivity contribution in [3.8, 4) is 11.1 Å². The Kier molecular flexibility index (Phi) is 11.5. The molecule has 1 amide bonds. The fourth-order valence-electron chi connectivity index (χ4n) is 3.93. The normalized spacial score (nSPS) is 11.8. The lowest BCUT2D eigenvalue weighted by molar-refractivity contribution is -2.00. The van der Waals surface area contributed by atoms with Crippen molar-refractivity contribution in [2.24, 2.45) is 5.14 Å². The molecule has 236 valence electrons. The van der Waals surface area contributed by atoms with Crippen molar-refractivity contribution < 1.29 is 55.1 Å². The van der Waals surface area contributed by atoms with Crippen molar-refractivity contribution in [2.45, 2.75) is 42.5 Å². The Morgan fingerprint density at radius 3 is 1.91 bits per heavy atom. The van der Waals surface area contributed by atoms with Gasteiger partial charge in [-0.2, -0.15) is 4.57 Å². The maximum Gasteiger partial charge on any atom is 0.290 e. The summed E-state index contributed by atoms with van der Waals surface area (Å²) >= 11 is 0.494. The van der Waals surface area contributed by atoms with Crippen LogP contribution in [0, 0.1) is 10.2 Å². The Morgan fingerprint density at radius 2 is 1.43 bits per heavy atom. The topological polar surface area (TPSA) is 257 Å². The number of hydrogen-bond donors (Lipinski definition) is 3. The smallest absolute Gasteiger partial charge is 0.290 e. The van der Waals surface area contributed by atoms with Gasteiger partial charge in [-0.25, -0.2) is 40.6 Å². The second-order valence-corrected chi connectivity index (χ2v) is 14.0. The SMILES string of the molecule is CCc1cc(-c2ccccc2)cc(CC)[n+]1CC(=O)Nc1ccc(S(=O)(=O)Nc2nnc(S(N)(=O)=O)s2)cc1.[O-][Cl+3]([O-])([O-])[O-]. The van der Waals surface area contributed by atoms with Crippen LogP contribution in [0.25, 0.3) is 11.1 Å². The summed E-state index contributed by atoms with van der Waals surface area (Å²) in [6.07, 6.45) is 1.49. The summed E-state index contributed by atoms with van der Waals surface area (Å²) in [5.41, 5.74) is 4.68. The molecule has 19 heteroatoms. The molecule has 0 radical (unpaired) electrons. The number of anilines is 2. The predicted molar refractivity (Wildman–Crippen MR) is 148 cm³/mol. The van der Waals surface area contributed by atoms with E-state index in [0.717, 1.165) is 35.4 Å². The monoisotopic (exact) mass is 686 g/mol. The lowest BCUT2D eigenvalue weighted by atomic mass is 10.0. The molecule has 2 aromatic carbocycles. The van der Waals surface area contributed by atoms with Gasteiger partial charge >= 0.3 is 0 Å². The predicted octanol–water partition coefficient (Wildman–Crippen LogP) is -2.05.